The van der Waals surface area contributed by atoms with Crippen LogP contribution < -0.4 is 5.73 Å². The van der Waals surface area contributed by atoms with Crippen molar-refractivity contribution in [3.8, 4) is 0 Å². The number of furan rings is 1. The lowest BCUT2D eigenvalue weighted by molar-refractivity contribution is 0.540. The van der Waals surface area contributed by atoms with E-state index in [-0.39, 0.29) is 0 Å². The average molecular weight is 238 g/mol. The van der Waals surface area contributed by atoms with E-state index in [0.717, 1.165) is 27.3 Å². The summed E-state index contributed by atoms with van der Waals surface area (Å²) in [5.74, 6) is 1.26. The van der Waals surface area contributed by atoms with E-state index in [1.54, 1.807) is 0 Å². The zero-order chi connectivity index (χ0) is 11.9. The minimum atomic E-state index is 0.387. The van der Waals surface area contributed by atoms with Gasteiger partial charge in [0.2, 0.25) is 0 Å². The molecular weight excluding hydrogens is 222 g/mol. The molecule has 2 N–H and O–H groups in total. The van der Waals surface area contributed by atoms with Crippen LogP contribution in [0, 0.1) is 6.92 Å². The van der Waals surface area contributed by atoms with Gasteiger partial charge in [-0.1, -0.05) is 25.4 Å². The minimum Gasteiger partial charge on any atom is -0.459 e. The maximum absolute atomic E-state index is 6.08. The first kappa shape index (κ1) is 11.5. The number of halogens is 1. The Morgan fingerprint density at radius 3 is 2.62 bits per heavy atom. The maximum Gasteiger partial charge on any atom is 0.137 e. The van der Waals surface area contributed by atoms with E-state index in [0.29, 0.717) is 12.5 Å². The molecule has 2 rings (SSSR count). The third-order valence-corrected chi connectivity index (χ3v) is 3.04. The molecule has 0 amide bonds. The number of hydrogen-bond donors (Lipinski definition) is 1. The lowest BCUT2D eigenvalue weighted by Crippen LogP contribution is -1.99. The predicted molar refractivity (Wildman–Crippen MR) is 67.9 cm³/mol. The normalized spacial score (nSPS) is 11.6. The average Bonchev–Trinajstić information content (AvgIpc) is 2.56. The molecule has 0 aliphatic carbocycles. The SMILES string of the molecule is Cc1cc(Cl)cc2c(C(C)C)c(CN)oc12. The van der Waals surface area contributed by atoms with Crippen LogP contribution in [0.5, 0.6) is 0 Å². The van der Waals surface area contributed by atoms with Crippen molar-refractivity contribution in [3.63, 3.8) is 0 Å². The number of fused-ring (bicyclic) bond motifs is 1. The van der Waals surface area contributed by atoms with Gasteiger partial charge in [-0.25, -0.2) is 0 Å². The van der Waals surface area contributed by atoms with Gasteiger partial charge in [0, 0.05) is 16.0 Å². The van der Waals surface area contributed by atoms with Gasteiger partial charge in [0.05, 0.1) is 6.54 Å². The Morgan fingerprint density at radius 2 is 2.06 bits per heavy atom. The molecule has 0 aliphatic heterocycles. The number of nitrogens with two attached hydrogens (primary N) is 1. The molecule has 0 spiro atoms. The van der Waals surface area contributed by atoms with Crippen molar-refractivity contribution in [1.82, 2.24) is 0 Å². The molecule has 1 heterocycles. The molecule has 0 fully saturated rings. The van der Waals surface area contributed by atoms with Crippen LogP contribution in [0.3, 0.4) is 0 Å². The van der Waals surface area contributed by atoms with E-state index < -0.39 is 0 Å². The Kier molecular flexibility index (Phi) is 2.96. The van der Waals surface area contributed by atoms with Crippen molar-refractivity contribution in [2.24, 2.45) is 5.73 Å². The first-order valence-corrected chi connectivity index (χ1v) is 5.84. The van der Waals surface area contributed by atoms with Crippen LogP contribution >= 0.6 is 11.6 Å². The first-order chi connectivity index (χ1) is 7.54. The van der Waals surface area contributed by atoms with Crippen molar-refractivity contribution in [3.05, 3.63) is 34.0 Å². The van der Waals surface area contributed by atoms with E-state index in [1.807, 2.05) is 19.1 Å². The second-order valence-corrected chi connectivity index (χ2v) is 4.83. The topological polar surface area (TPSA) is 39.2 Å². The summed E-state index contributed by atoms with van der Waals surface area (Å²) >= 11 is 6.08. The van der Waals surface area contributed by atoms with E-state index in [4.69, 9.17) is 21.8 Å². The molecule has 0 aliphatic rings. The van der Waals surface area contributed by atoms with Crippen LogP contribution in [-0.4, -0.2) is 0 Å². The van der Waals surface area contributed by atoms with Crippen LogP contribution in [0.25, 0.3) is 11.0 Å². The molecule has 1 aromatic carbocycles. The van der Waals surface area contributed by atoms with Gasteiger partial charge in [-0.15, -0.1) is 0 Å². The number of benzene rings is 1. The second kappa shape index (κ2) is 4.11. The van der Waals surface area contributed by atoms with Crippen LogP contribution in [0.4, 0.5) is 0 Å². The van der Waals surface area contributed by atoms with Gasteiger partial charge in [0.15, 0.2) is 0 Å². The molecule has 16 heavy (non-hydrogen) atoms. The number of hydrogen-bond acceptors (Lipinski definition) is 2. The fraction of sp³-hybridized carbons (Fsp3) is 0.385. The fourth-order valence-electron chi connectivity index (χ4n) is 2.18. The van der Waals surface area contributed by atoms with E-state index in [2.05, 4.69) is 13.8 Å². The standard InChI is InChI=1S/C13H16ClNO/c1-7(2)12-10-5-9(14)4-8(3)13(10)16-11(12)6-15/h4-5,7H,6,15H2,1-3H3. The highest BCUT2D eigenvalue weighted by atomic mass is 35.5. The highest BCUT2D eigenvalue weighted by molar-refractivity contribution is 6.31. The molecule has 3 heteroatoms. The van der Waals surface area contributed by atoms with Gasteiger partial charge in [0.1, 0.15) is 11.3 Å². The fourth-order valence-corrected chi connectivity index (χ4v) is 2.45. The van der Waals surface area contributed by atoms with Crippen molar-refractivity contribution in [2.75, 3.05) is 0 Å². The summed E-state index contributed by atoms with van der Waals surface area (Å²) in [6.45, 7) is 6.71. The van der Waals surface area contributed by atoms with Gasteiger partial charge in [-0.3, -0.25) is 0 Å². The monoisotopic (exact) mass is 237 g/mol. The summed E-state index contributed by atoms with van der Waals surface area (Å²) in [5.41, 5.74) is 8.87. The van der Waals surface area contributed by atoms with E-state index in [9.17, 15) is 0 Å². The molecular formula is C13H16ClNO. The van der Waals surface area contributed by atoms with Crippen LogP contribution in [0.15, 0.2) is 16.5 Å². The molecule has 0 saturated heterocycles. The van der Waals surface area contributed by atoms with Gasteiger partial charge < -0.3 is 10.2 Å². The molecule has 1 aromatic heterocycles. The molecule has 0 atom stereocenters. The molecule has 2 aromatic rings. The number of rotatable bonds is 2. The highest BCUT2D eigenvalue weighted by Gasteiger charge is 2.17. The minimum absolute atomic E-state index is 0.387. The lowest BCUT2D eigenvalue weighted by atomic mass is 9.98. The predicted octanol–water partition coefficient (Wildman–Crippen LogP) is 3.98. The Hall–Kier alpha value is -0.990. The molecule has 0 unspecified atom stereocenters. The molecule has 0 bridgehead atoms. The summed E-state index contributed by atoms with van der Waals surface area (Å²) in [5, 5.41) is 1.84. The summed E-state index contributed by atoms with van der Waals surface area (Å²) in [7, 11) is 0. The van der Waals surface area contributed by atoms with E-state index in [1.165, 1.54) is 5.56 Å². The highest BCUT2D eigenvalue weighted by Crippen LogP contribution is 2.35. The Balaban J connectivity index is 2.84. The third-order valence-electron chi connectivity index (χ3n) is 2.82. The smallest absolute Gasteiger partial charge is 0.137 e. The zero-order valence-electron chi connectivity index (χ0n) is 9.80. The summed E-state index contributed by atoms with van der Waals surface area (Å²) < 4.78 is 5.81. The lowest BCUT2D eigenvalue weighted by Gasteiger charge is -2.04. The number of aryl methyl sites for hydroxylation is 1. The summed E-state index contributed by atoms with van der Waals surface area (Å²) in [6, 6.07) is 3.87. The summed E-state index contributed by atoms with van der Waals surface area (Å²) in [4.78, 5) is 0. The third kappa shape index (κ3) is 1.72. The molecule has 0 saturated carbocycles. The van der Waals surface area contributed by atoms with Crippen molar-refractivity contribution in [1.29, 1.82) is 0 Å². The Bertz CT molecular complexity index is 528. The molecule has 0 radical (unpaired) electrons. The largest absolute Gasteiger partial charge is 0.459 e. The maximum atomic E-state index is 6.08. The molecule has 86 valence electrons. The Morgan fingerprint density at radius 1 is 1.38 bits per heavy atom. The van der Waals surface area contributed by atoms with Gasteiger partial charge in [0.25, 0.3) is 0 Å². The van der Waals surface area contributed by atoms with E-state index >= 15 is 0 Å². The van der Waals surface area contributed by atoms with Crippen molar-refractivity contribution in [2.45, 2.75) is 33.2 Å². The van der Waals surface area contributed by atoms with Crippen LogP contribution in [-0.2, 0) is 6.54 Å². The van der Waals surface area contributed by atoms with Crippen LogP contribution in [0.1, 0.15) is 36.7 Å². The van der Waals surface area contributed by atoms with Gasteiger partial charge in [-0.05, 0) is 30.5 Å². The quantitative estimate of drug-likeness (QED) is 0.858. The zero-order valence-corrected chi connectivity index (χ0v) is 10.6. The van der Waals surface area contributed by atoms with Gasteiger partial charge >= 0.3 is 0 Å². The first-order valence-electron chi connectivity index (χ1n) is 5.46. The second-order valence-electron chi connectivity index (χ2n) is 4.40. The van der Waals surface area contributed by atoms with Crippen molar-refractivity contribution < 1.29 is 4.42 Å². The van der Waals surface area contributed by atoms with Gasteiger partial charge in [-0.2, -0.15) is 0 Å². The Labute approximate surface area is 100 Å². The molecule has 2 nitrogen and oxygen atoms in total. The van der Waals surface area contributed by atoms with Crippen LogP contribution in [0.2, 0.25) is 5.02 Å². The van der Waals surface area contributed by atoms with Crippen molar-refractivity contribution >= 4 is 22.6 Å². The summed E-state index contributed by atoms with van der Waals surface area (Å²) in [6.07, 6.45) is 0.